The first kappa shape index (κ1) is 8.96. The minimum atomic E-state index is 0.591. The van der Waals surface area contributed by atoms with Crippen molar-refractivity contribution in [3.63, 3.8) is 0 Å². The number of hydrogen-bond donors (Lipinski definition) is 1. The van der Waals surface area contributed by atoms with Gasteiger partial charge in [-0.05, 0) is 49.0 Å². The fourth-order valence-corrected chi connectivity index (χ4v) is 3.24. The van der Waals surface area contributed by atoms with Crippen molar-refractivity contribution >= 4 is 0 Å². The summed E-state index contributed by atoms with van der Waals surface area (Å²) in [6, 6.07) is 0.811. The van der Waals surface area contributed by atoms with E-state index in [4.69, 9.17) is 0 Å². The van der Waals surface area contributed by atoms with E-state index < -0.39 is 0 Å². The van der Waals surface area contributed by atoms with Gasteiger partial charge in [0.15, 0.2) is 0 Å². The van der Waals surface area contributed by atoms with Crippen LogP contribution in [-0.4, -0.2) is 12.6 Å². The van der Waals surface area contributed by atoms with Crippen molar-refractivity contribution in [2.75, 3.05) is 6.54 Å². The highest BCUT2D eigenvalue weighted by Crippen LogP contribution is 2.46. The van der Waals surface area contributed by atoms with Crippen LogP contribution >= 0.6 is 0 Å². The SMILES string of the molecule is CC1(C)CC1NCC1CC2C=CC1C2. The van der Waals surface area contributed by atoms with Crippen LogP contribution in [0.3, 0.4) is 0 Å². The van der Waals surface area contributed by atoms with Crippen molar-refractivity contribution in [2.24, 2.45) is 23.2 Å². The summed E-state index contributed by atoms with van der Waals surface area (Å²) in [6.07, 6.45) is 9.16. The highest BCUT2D eigenvalue weighted by molar-refractivity contribution is 5.11. The molecule has 4 atom stereocenters. The summed E-state index contributed by atoms with van der Waals surface area (Å²) < 4.78 is 0. The van der Waals surface area contributed by atoms with Crippen LogP contribution < -0.4 is 5.32 Å². The standard InChI is InChI=1S/C13H21N/c1-13(2)7-12(13)14-8-11-6-9-3-4-10(11)5-9/h3-4,9-12,14H,5-8H2,1-2H3. The molecule has 2 saturated carbocycles. The first-order valence-electron chi connectivity index (χ1n) is 6.07. The van der Waals surface area contributed by atoms with Gasteiger partial charge in [-0.1, -0.05) is 26.0 Å². The molecule has 0 radical (unpaired) electrons. The first-order valence-corrected chi connectivity index (χ1v) is 6.07. The van der Waals surface area contributed by atoms with Crippen molar-refractivity contribution < 1.29 is 0 Å². The number of rotatable bonds is 3. The lowest BCUT2D eigenvalue weighted by Gasteiger charge is -2.19. The molecule has 3 aliphatic carbocycles. The average Bonchev–Trinajstić information content (AvgIpc) is 2.59. The Morgan fingerprint density at radius 2 is 2.07 bits per heavy atom. The smallest absolute Gasteiger partial charge is 0.0125 e. The Morgan fingerprint density at radius 3 is 2.57 bits per heavy atom. The Balaban J connectivity index is 1.48. The molecule has 0 aromatic heterocycles. The highest BCUT2D eigenvalue weighted by atomic mass is 15.0. The Kier molecular flexibility index (Phi) is 1.82. The molecule has 1 heteroatoms. The maximum absolute atomic E-state index is 3.74. The quantitative estimate of drug-likeness (QED) is 0.676. The third kappa shape index (κ3) is 1.42. The summed E-state index contributed by atoms with van der Waals surface area (Å²) in [5, 5.41) is 3.74. The monoisotopic (exact) mass is 191 g/mol. The fourth-order valence-electron chi connectivity index (χ4n) is 3.24. The van der Waals surface area contributed by atoms with Crippen LogP contribution in [0.25, 0.3) is 0 Å². The molecular formula is C13H21N. The topological polar surface area (TPSA) is 12.0 Å². The van der Waals surface area contributed by atoms with Gasteiger partial charge >= 0.3 is 0 Å². The third-order valence-corrected chi connectivity index (χ3v) is 4.56. The number of fused-ring (bicyclic) bond motifs is 2. The second-order valence-corrected chi connectivity index (χ2v) is 6.19. The van der Waals surface area contributed by atoms with Gasteiger partial charge in [0.05, 0.1) is 0 Å². The summed E-state index contributed by atoms with van der Waals surface area (Å²) >= 11 is 0. The van der Waals surface area contributed by atoms with Gasteiger partial charge in [-0.2, -0.15) is 0 Å². The molecule has 0 spiro atoms. The maximum atomic E-state index is 3.74. The molecule has 3 aliphatic rings. The summed E-state index contributed by atoms with van der Waals surface area (Å²) in [5.41, 5.74) is 0.591. The van der Waals surface area contributed by atoms with E-state index in [9.17, 15) is 0 Å². The first-order chi connectivity index (χ1) is 6.65. The van der Waals surface area contributed by atoms with Crippen molar-refractivity contribution in [3.8, 4) is 0 Å². The summed E-state index contributed by atoms with van der Waals surface area (Å²) in [7, 11) is 0. The molecule has 2 bridgehead atoms. The highest BCUT2D eigenvalue weighted by Gasteiger charge is 2.46. The normalized spacial score (nSPS) is 47.3. The molecule has 0 heterocycles. The number of nitrogens with one attached hydrogen (secondary N) is 1. The number of hydrogen-bond acceptors (Lipinski definition) is 1. The van der Waals surface area contributed by atoms with Gasteiger partial charge < -0.3 is 5.32 Å². The van der Waals surface area contributed by atoms with E-state index in [0.29, 0.717) is 5.41 Å². The molecule has 0 amide bonds. The van der Waals surface area contributed by atoms with Gasteiger partial charge in [0.1, 0.15) is 0 Å². The van der Waals surface area contributed by atoms with Crippen molar-refractivity contribution in [1.29, 1.82) is 0 Å². The van der Waals surface area contributed by atoms with Gasteiger partial charge in [0.25, 0.3) is 0 Å². The van der Waals surface area contributed by atoms with Crippen LogP contribution in [0, 0.1) is 23.2 Å². The molecule has 78 valence electrons. The molecule has 3 rings (SSSR count). The van der Waals surface area contributed by atoms with E-state index in [2.05, 4.69) is 31.3 Å². The fraction of sp³-hybridized carbons (Fsp3) is 0.846. The van der Waals surface area contributed by atoms with Crippen LogP contribution in [0.5, 0.6) is 0 Å². The molecule has 0 aliphatic heterocycles. The number of allylic oxidation sites excluding steroid dienone is 2. The van der Waals surface area contributed by atoms with Gasteiger partial charge in [0, 0.05) is 6.04 Å². The molecule has 14 heavy (non-hydrogen) atoms. The molecule has 4 unspecified atom stereocenters. The van der Waals surface area contributed by atoms with Crippen LogP contribution in [0.15, 0.2) is 12.2 Å². The maximum Gasteiger partial charge on any atom is 0.0125 e. The molecule has 1 N–H and O–H groups in total. The molecule has 2 fully saturated rings. The average molecular weight is 191 g/mol. The molecule has 0 aromatic carbocycles. The van der Waals surface area contributed by atoms with Crippen LogP contribution in [-0.2, 0) is 0 Å². The van der Waals surface area contributed by atoms with Crippen molar-refractivity contribution in [2.45, 2.75) is 39.2 Å². The van der Waals surface area contributed by atoms with Crippen molar-refractivity contribution in [1.82, 2.24) is 5.32 Å². The Bertz CT molecular complexity index is 266. The minimum absolute atomic E-state index is 0.591. The third-order valence-electron chi connectivity index (χ3n) is 4.56. The Hall–Kier alpha value is -0.300. The zero-order valence-corrected chi connectivity index (χ0v) is 9.29. The summed E-state index contributed by atoms with van der Waals surface area (Å²) in [6.45, 7) is 6.00. The Labute approximate surface area is 87.0 Å². The molecular weight excluding hydrogens is 170 g/mol. The second kappa shape index (κ2) is 2.85. The van der Waals surface area contributed by atoms with Gasteiger partial charge in [0.2, 0.25) is 0 Å². The lowest BCUT2D eigenvalue weighted by molar-refractivity contribution is 0.399. The lowest BCUT2D eigenvalue weighted by atomic mass is 9.93. The van der Waals surface area contributed by atoms with E-state index in [-0.39, 0.29) is 0 Å². The van der Waals surface area contributed by atoms with E-state index in [1.807, 2.05) is 0 Å². The largest absolute Gasteiger partial charge is 0.313 e. The van der Waals surface area contributed by atoms with E-state index >= 15 is 0 Å². The second-order valence-electron chi connectivity index (χ2n) is 6.19. The van der Waals surface area contributed by atoms with Gasteiger partial charge in [-0.3, -0.25) is 0 Å². The Morgan fingerprint density at radius 1 is 1.29 bits per heavy atom. The van der Waals surface area contributed by atoms with Crippen molar-refractivity contribution in [3.05, 3.63) is 12.2 Å². The van der Waals surface area contributed by atoms with Gasteiger partial charge in [-0.15, -0.1) is 0 Å². The predicted molar refractivity (Wildman–Crippen MR) is 59.0 cm³/mol. The van der Waals surface area contributed by atoms with E-state index in [1.165, 1.54) is 25.8 Å². The lowest BCUT2D eigenvalue weighted by Crippen LogP contribution is -2.29. The molecule has 0 aromatic rings. The molecule has 1 nitrogen and oxygen atoms in total. The molecule has 0 saturated heterocycles. The minimum Gasteiger partial charge on any atom is -0.313 e. The van der Waals surface area contributed by atoms with Crippen LogP contribution in [0.1, 0.15) is 33.1 Å². The summed E-state index contributed by atoms with van der Waals surface area (Å²) in [5.74, 6) is 2.79. The van der Waals surface area contributed by atoms with Crippen LogP contribution in [0.2, 0.25) is 0 Å². The van der Waals surface area contributed by atoms with Gasteiger partial charge in [-0.25, -0.2) is 0 Å². The zero-order chi connectivity index (χ0) is 9.76. The predicted octanol–water partition coefficient (Wildman–Crippen LogP) is 2.59. The van der Waals surface area contributed by atoms with Crippen LogP contribution in [0.4, 0.5) is 0 Å². The zero-order valence-electron chi connectivity index (χ0n) is 9.29. The van der Waals surface area contributed by atoms with E-state index in [0.717, 1.165) is 23.8 Å². The van der Waals surface area contributed by atoms with E-state index in [1.54, 1.807) is 0 Å². The summed E-state index contributed by atoms with van der Waals surface area (Å²) in [4.78, 5) is 0.